The minimum atomic E-state index is 0.0196. The molecular formula is C16H17Cl2NO. The van der Waals surface area contributed by atoms with E-state index in [1.807, 2.05) is 50.2 Å². The lowest BCUT2D eigenvalue weighted by molar-refractivity contribution is 0.233. The standard InChI is InChI=1S/C16H17Cl2NO/c1-11-6-3-4-9-15(11)20-12(2)10-19-14-8-5-7-13(17)16(14)18/h3-9,12,19H,10H2,1-2H3. The van der Waals surface area contributed by atoms with Gasteiger partial charge in [0.2, 0.25) is 0 Å². The van der Waals surface area contributed by atoms with Gasteiger partial charge in [-0.05, 0) is 37.6 Å². The molecule has 0 saturated heterocycles. The quantitative estimate of drug-likeness (QED) is 0.821. The first-order chi connectivity index (χ1) is 9.58. The Morgan fingerprint density at radius 3 is 2.60 bits per heavy atom. The Morgan fingerprint density at radius 2 is 1.85 bits per heavy atom. The normalized spacial score (nSPS) is 12.0. The lowest BCUT2D eigenvalue weighted by atomic mass is 10.2. The van der Waals surface area contributed by atoms with Crippen molar-refractivity contribution in [3.8, 4) is 5.75 Å². The second-order valence-electron chi connectivity index (χ2n) is 4.68. The first-order valence-electron chi connectivity index (χ1n) is 6.48. The van der Waals surface area contributed by atoms with E-state index in [9.17, 15) is 0 Å². The number of nitrogens with one attached hydrogen (secondary N) is 1. The van der Waals surface area contributed by atoms with Crippen LogP contribution in [0, 0.1) is 6.92 Å². The molecule has 0 fully saturated rings. The van der Waals surface area contributed by atoms with Crippen LogP contribution in [0.2, 0.25) is 10.0 Å². The number of hydrogen-bond acceptors (Lipinski definition) is 2. The van der Waals surface area contributed by atoms with Crippen LogP contribution in [0.25, 0.3) is 0 Å². The Balaban J connectivity index is 1.94. The molecule has 0 heterocycles. The van der Waals surface area contributed by atoms with E-state index in [1.54, 1.807) is 6.07 Å². The van der Waals surface area contributed by atoms with E-state index in [2.05, 4.69) is 5.32 Å². The molecule has 0 aliphatic rings. The van der Waals surface area contributed by atoms with E-state index in [-0.39, 0.29) is 6.10 Å². The SMILES string of the molecule is Cc1ccccc1OC(C)CNc1cccc(Cl)c1Cl. The zero-order valence-electron chi connectivity index (χ0n) is 11.5. The molecule has 0 aromatic heterocycles. The zero-order chi connectivity index (χ0) is 14.5. The number of anilines is 1. The number of hydrogen-bond donors (Lipinski definition) is 1. The third-order valence-corrected chi connectivity index (χ3v) is 3.77. The van der Waals surface area contributed by atoms with Crippen LogP contribution in [0.5, 0.6) is 5.75 Å². The van der Waals surface area contributed by atoms with E-state index in [0.29, 0.717) is 16.6 Å². The van der Waals surface area contributed by atoms with Gasteiger partial charge in [0.15, 0.2) is 0 Å². The molecule has 1 N–H and O–H groups in total. The Kier molecular flexibility index (Phi) is 5.16. The van der Waals surface area contributed by atoms with E-state index >= 15 is 0 Å². The largest absolute Gasteiger partial charge is 0.489 e. The smallest absolute Gasteiger partial charge is 0.122 e. The molecule has 1 unspecified atom stereocenters. The summed E-state index contributed by atoms with van der Waals surface area (Å²) in [4.78, 5) is 0. The van der Waals surface area contributed by atoms with Crippen LogP contribution < -0.4 is 10.1 Å². The molecule has 0 amide bonds. The average molecular weight is 310 g/mol. The maximum atomic E-state index is 6.13. The van der Waals surface area contributed by atoms with Crippen molar-refractivity contribution in [2.75, 3.05) is 11.9 Å². The Morgan fingerprint density at radius 1 is 1.10 bits per heavy atom. The lowest BCUT2D eigenvalue weighted by Gasteiger charge is -2.18. The van der Waals surface area contributed by atoms with Gasteiger partial charge in [0, 0.05) is 0 Å². The predicted octanol–water partition coefficient (Wildman–Crippen LogP) is 5.18. The topological polar surface area (TPSA) is 21.3 Å². The number of halogens is 2. The second-order valence-corrected chi connectivity index (χ2v) is 5.46. The highest BCUT2D eigenvalue weighted by atomic mass is 35.5. The van der Waals surface area contributed by atoms with Gasteiger partial charge in [0.25, 0.3) is 0 Å². The van der Waals surface area contributed by atoms with Crippen molar-refractivity contribution in [2.45, 2.75) is 20.0 Å². The molecular weight excluding hydrogens is 293 g/mol. The minimum Gasteiger partial charge on any atom is -0.489 e. The summed E-state index contributed by atoms with van der Waals surface area (Å²) in [7, 11) is 0. The van der Waals surface area contributed by atoms with Crippen LogP contribution in [-0.2, 0) is 0 Å². The molecule has 4 heteroatoms. The molecule has 0 aliphatic heterocycles. The Labute approximate surface area is 129 Å². The first-order valence-corrected chi connectivity index (χ1v) is 7.23. The predicted molar refractivity (Wildman–Crippen MR) is 86.2 cm³/mol. The number of aryl methyl sites for hydroxylation is 1. The van der Waals surface area contributed by atoms with Gasteiger partial charge in [0.1, 0.15) is 11.9 Å². The molecule has 0 saturated carbocycles. The molecule has 1 atom stereocenters. The maximum Gasteiger partial charge on any atom is 0.122 e. The number of rotatable bonds is 5. The summed E-state index contributed by atoms with van der Waals surface area (Å²) < 4.78 is 5.90. The van der Waals surface area contributed by atoms with Crippen molar-refractivity contribution in [3.05, 3.63) is 58.1 Å². The monoisotopic (exact) mass is 309 g/mol. The molecule has 106 valence electrons. The van der Waals surface area contributed by atoms with Crippen LogP contribution in [-0.4, -0.2) is 12.6 Å². The van der Waals surface area contributed by atoms with Crippen molar-refractivity contribution in [2.24, 2.45) is 0 Å². The van der Waals surface area contributed by atoms with Gasteiger partial charge in [0.05, 0.1) is 22.3 Å². The summed E-state index contributed by atoms with van der Waals surface area (Å²) in [6, 6.07) is 13.5. The summed E-state index contributed by atoms with van der Waals surface area (Å²) >= 11 is 12.1. The molecule has 0 radical (unpaired) electrons. The average Bonchev–Trinajstić information content (AvgIpc) is 2.43. The van der Waals surface area contributed by atoms with E-state index in [1.165, 1.54) is 0 Å². The molecule has 20 heavy (non-hydrogen) atoms. The fraction of sp³-hybridized carbons (Fsp3) is 0.250. The molecule has 2 rings (SSSR count). The number of para-hydroxylation sites is 1. The highest BCUT2D eigenvalue weighted by Crippen LogP contribution is 2.29. The summed E-state index contributed by atoms with van der Waals surface area (Å²) in [6.07, 6.45) is 0.0196. The van der Waals surface area contributed by atoms with Gasteiger partial charge in [-0.25, -0.2) is 0 Å². The van der Waals surface area contributed by atoms with E-state index < -0.39 is 0 Å². The van der Waals surface area contributed by atoms with Crippen LogP contribution in [0.15, 0.2) is 42.5 Å². The molecule has 0 aliphatic carbocycles. The molecule has 0 spiro atoms. The maximum absolute atomic E-state index is 6.13. The highest BCUT2D eigenvalue weighted by molar-refractivity contribution is 6.43. The molecule has 0 bridgehead atoms. The van der Waals surface area contributed by atoms with Crippen molar-refractivity contribution < 1.29 is 4.74 Å². The minimum absolute atomic E-state index is 0.0196. The third-order valence-electron chi connectivity index (χ3n) is 2.95. The zero-order valence-corrected chi connectivity index (χ0v) is 13.0. The van der Waals surface area contributed by atoms with Crippen LogP contribution in [0.4, 0.5) is 5.69 Å². The van der Waals surface area contributed by atoms with Crippen LogP contribution in [0.1, 0.15) is 12.5 Å². The van der Waals surface area contributed by atoms with E-state index in [0.717, 1.165) is 17.0 Å². The first kappa shape index (κ1) is 15.0. The van der Waals surface area contributed by atoms with Gasteiger partial charge < -0.3 is 10.1 Å². The van der Waals surface area contributed by atoms with Crippen molar-refractivity contribution in [1.82, 2.24) is 0 Å². The summed E-state index contributed by atoms with van der Waals surface area (Å²) in [5.74, 6) is 0.902. The fourth-order valence-electron chi connectivity index (χ4n) is 1.84. The van der Waals surface area contributed by atoms with Gasteiger partial charge >= 0.3 is 0 Å². The Bertz CT molecular complexity index is 586. The van der Waals surface area contributed by atoms with Crippen LogP contribution in [0.3, 0.4) is 0 Å². The van der Waals surface area contributed by atoms with Gasteiger partial charge in [-0.15, -0.1) is 0 Å². The molecule has 2 aromatic rings. The summed E-state index contributed by atoms with van der Waals surface area (Å²) in [5.41, 5.74) is 1.94. The van der Waals surface area contributed by atoms with Crippen LogP contribution >= 0.6 is 23.2 Å². The van der Waals surface area contributed by atoms with Crippen molar-refractivity contribution in [3.63, 3.8) is 0 Å². The van der Waals surface area contributed by atoms with Gasteiger partial charge in [-0.1, -0.05) is 47.5 Å². The number of ether oxygens (including phenoxy) is 1. The van der Waals surface area contributed by atoms with Crippen molar-refractivity contribution in [1.29, 1.82) is 0 Å². The van der Waals surface area contributed by atoms with Gasteiger partial charge in [-0.2, -0.15) is 0 Å². The lowest BCUT2D eigenvalue weighted by Crippen LogP contribution is -2.23. The van der Waals surface area contributed by atoms with E-state index in [4.69, 9.17) is 27.9 Å². The Hall–Kier alpha value is -1.38. The third kappa shape index (κ3) is 3.81. The number of benzene rings is 2. The summed E-state index contributed by atoms with van der Waals surface area (Å²) in [5, 5.41) is 4.34. The van der Waals surface area contributed by atoms with Crippen molar-refractivity contribution >= 4 is 28.9 Å². The van der Waals surface area contributed by atoms with Gasteiger partial charge in [-0.3, -0.25) is 0 Å². The molecule has 2 nitrogen and oxygen atoms in total. The molecule has 2 aromatic carbocycles. The highest BCUT2D eigenvalue weighted by Gasteiger charge is 2.08. The second kappa shape index (κ2) is 6.87. The fourth-order valence-corrected chi connectivity index (χ4v) is 2.21. The summed E-state index contributed by atoms with van der Waals surface area (Å²) in [6.45, 7) is 4.69.